The Kier molecular flexibility index (Phi) is 4.50. The third-order valence-electron chi connectivity index (χ3n) is 2.90. The van der Waals surface area contributed by atoms with Gasteiger partial charge in [0.1, 0.15) is 5.78 Å². The number of hydrogen-bond donors (Lipinski definition) is 0. The molecule has 0 amide bonds. The van der Waals surface area contributed by atoms with E-state index in [0.29, 0.717) is 13.1 Å². The molecule has 1 atom stereocenters. The van der Waals surface area contributed by atoms with E-state index in [9.17, 15) is 13.2 Å². The minimum Gasteiger partial charge on any atom is -0.300 e. The van der Waals surface area contributed by atoms with Crippen LogP contribution in [0.4, 0.5) is 0 Å². The zero-order valence-corrected chi connectivity index (χ0v) is 11.1. The number of piperidine rings is 1. The largest absolute Gasteiger partial charge is 0.300 e. The molecule has 0 radical (unpaired) electrons. The van der Waals surface area contributed by atoms with Crippen LogP contribution in [0.2, 0.25) is 0 Å². The van der Waals surface area contributed by atoms with Crippen LogP contribution in [0.5, 0.6) is 0 Å². The molecule has 1 aliphatic rings. The second-order valence-electron chi connectivity index (χ2n) is 4.98. The Morgan fingerprint density at radius 3 is 2.56 bits per heavy atom. The van der Waals surface area contributed by atoms with Gasteiger partial charge in [-0.1, -0.05) is 13.8 Å². The Bertz CT molecular complexity index is 348. The van der Waals surface area contributed by atoms with E-state index < -0.39 is 10.0 Å². The lowest BCUT2D eigenvalue weighted by atomic mass is 9.96. The van der Waals surface area contributed by atoms with Gasteiger partial charge in [-0.05, 0) is 25.7 Å². The Hall–Kier alpha value is -0.420. The fraction of sp³-hybridized carbons (Fsp3) is 0.909. The van der Waals surface area contributed by atoms with Crippen molar-refractivity contribution in [3.63, 3.8) is 0 Å². The maximum atomic E-state index is 12.0. The van der Waals surface area contributed by atoms with Crippen molar-refractivity contribution in [1.29, 1.82) is 0 Å². The van der Waals surface area contributed by atoms with Crippen molar-refractivity contribution in [3.8, 4) is 0 Å². The molecule has 1 saturated heterocycles. The van der Waals surface area contributed by atoms with Crippen LogP contribution >= 0.6 is 0 Å². The minimum atomic E-state index is -3.17. The molecular formula is C11H21NO3S. The van der Waals surface area contributed by atoms with Gasteiger partial charge in [0.2, 0.25) is 10.0 Å². The van der Waals surface area contributed by atoms with Crippen molar-refractivity contribution in [2.75, 3.05) is 18.8 Å². The van der Waals surface area contributed by atoms with Gasteiger partial charge in [-0.2, -0.15) is 0 Å². The zero-order valence-electron chi connectivity index (χ0n) is 10.3. The van der Waals surface area contributed by atoms with Gasteiger partial charge in [-0.3, -0.25) is 4.79 Å². The summed E-state index contributed by atoms with van der Waals surface area (Å²) in [5.74, 6) is 0.306. The van der Waals surface area contributed by atoms with Crippen LogP contribution < -0.4 is 0 Å². The first-order valence-corrected chi connectivity index (χ1v) is 7.42. The van der Waals surface area contributed by atoms with E-state index in [1.54, 1.807) is 6.92 Å². The fourth-order valence-electron chi connectivity index (χ4n) is 2.05. The van der Waals surface area contributed by atoms with E-state index in [1.807, 2.05) is 13.8 Å². The first-order valence-electron chi connectivity index (χ1n) is 5.81. The number of carbonyl (C=O) groups is 1. The molecule has 0 bridgehead atoms. The zero-order chi connectivity index (χ0) is 12.3. The highest BCUT2D eigenvalue weighted by Gasteiger charge is 2.30. The van der Waals surface area contributed by atoms with E-state index in [1.165, 1.54) is 4.31 Å². The maximum Gasteiger partial charge on any atom is 0.214 e. The van der Waals surface area contributed by atoms with Gasteiger partial charge < -0.3 is 0 Å². The summed E-state index contributed by atoms with van der Waals surface area (Å²) in [6.45, 7) is 6.28. The van der Waals surface area contributed by atoms with Crippen LogP contribution in [-0.2, 0) is 14.8 Å². The van der Waals surface area contributed by atoms with Crippen LogP contribution in [0.1, 0.15) is 33.6 Å². The predicted molar refractivity (Wildman–Crippen MR) is 63.6 cm³/mol. The Morgan fingerprint density at radius 2 is 2.06 bits per heavy atom. The van der Waals surface area contributed by atoms with E-state index in [0.717, 1.165) is 12.8 Å². The molecule has 1 unspecified atom stereocenters. The van der Waals surface area contributed by atoms with Crippen molar-refractivity contribution < 1.29 is 13.2 Å². The molecule has 1 heterocycles. The summed E-state index contributed by atoms with van der Waals surface area (Å²) < 4.78 is 25.4. The lowest BCUT2D eigenvalue weighted by Gasteiger charge is -2.31. The molecule has 1 rings (SSSR count). The van der Waals surface area contributed by atoms with E-state index >= 15 is 0 Å². The quantitative estimate of drug-likeness (QED) is 0.752. The molecule has 16 heavy (non-hydrogen) atoms. The normalized spacial score (nSPS) is 23.6. The number of sulfonamides is 1. The molecule has 0 aromatic heterocycles. The summed E-state index contributed by atoms with van der Waals surface area (Å²) >= 11 is 0. The third kappa shape index (κ3) is 3.56. The van der Waals surface area contributed by atoms with E-state index in [2.05, 4.69) is 0 Å². The molecule has 1 aliphatic heterocycles. The van der Waals surface area contributed by atoms with E-state index in [4.69, 9.17) is 0 Å². The summed E-state index contributed by atoms with van der Waals surface area (Å²) in [5.41, 5.74) is 0. The Balaban J connectivity index is 2.70. The van der Waals surface area contributed by atoms with Crippen LogP contribution in [0.3, 0.4) is 0 Å². The highest BCUT2D eigenvalue weighted by Crippen LogP contribution is 2.21. The van der Waals surface area contributed by atoms with Gasteiger partial charge >= 0.3 is 0 Å². The summed E-state index contributed by atoms with van der Waals surface area (Å²) in [4.78, 5) is 11.3. The monoisotopic (exact) mass is 247 g/mol. The van der Waals surface area contributed by atoms with Crippen LogP contribution in [0.15, 0.2) is 0 Å². The van der Waals surface area contributed by atoms with Crippen molar-refractivity contribution in [2.45, 2.75) is 33.6 Å². The first kappa shape index (κ1) is 13.6. The summed E-state index contributed by atoms with van der Waals surface area (Å²) in [6, 6.07) is 0. The molecule has 0 N–H and O–H groups in total. The number of hydrogen-bond acceptors (Lipinski definition) is 3. The van der Waals surface area contributed by atoms with Gasteiger partial charge in [-0.15, -0.1) is 0 Å². The second-order valence-corrected chi connectivity index (χ2v) is 6.99. The first-order chi connectivity index (χ1) is 7.33. The highest BCUT2D eigenvalue weighted by atomic mass is 32.2. The molecule has 4 nitrogen and oxygen atoms in total. The lowest BCUT2D eigenvalue weighted by molar-refractivity contribution is -0.121. The second kappa shape index (κ2) is 5.27. The van der Waals surface area contributed by atoms with Crippen LogP contribution in [0, 0.1) is 11.8 Å². The van der Waals surface area contributed by atoms with E-state index in [-0.39, 0.29) is 23.4 Å². The third-order valence-corrected chi connectivity index (χ3v) is 5.10. The smallest absolute Gasteiger partial charge is 0.214 e. The Labute approximate surface area is 98.1 Å². The summed E-state index contributed by atoms with van der Waals surface area (Å²) in [7, 11) is -3.17. The molecule has 1 fully saturated rings. The molecule has 94 valence electrons. The van der Waals surface area contributed by atoms with Gasteiger partial charge in [0.15, 0.2) is 0 Å². The maximum absolute atomic E-state index is 12.0. The number of Topliss-reactive ketones (excluding diaryl/α,β-unsaturated/α-hetero) is 1. The minimum absolute atomic E-state index is 0.101. The van der Waals surface area contributed by atoms with Gasteiger partial charge in [0.25, 0.3) is 0 Å². The molecule has 0 aliphatic carbocycles. The van der Waals surface area contributed by atoms with Gasteiger partial charge in [0, 0.05) is 19.0 Å². The molecular weight excluding hydrogens is 226 g/mol. The molecule has 0 aromatic rings. The summed E-state index contributed by atoms with van der Waals surface area (Å²) in [6.07, 6.45) is 1.62. The summed E-state index contributed by atoms with van der Waals surface area (Å²) in [5, 5.41) is 0. The van der Waals surface area contributed by atoms with Crippen LogP contribution in [-0.4, -0.2) is 37.3 Å². The average Bonchev–Trinajstić information content (AvgIpc) is 2.16. The van der Waals surface area contributed by atoms with Crippen molar-refractivity contribution in [3.05, 3.63) is 0 Å². The molecule has 0 aromatic carbocycles. The van der Waals surface area contributed by atoms with Crippen molar-refractivity contribution in [2.24, 2.45) is 11.8 Å². The fourth-order valence-corrected chi connectivity index (χ4v) is 3.92. The lowest BCUT2D eigenvalue weighted by Crippen LogP contribution is -2.43. The Morgan fingerprint density at radius 1 is 1.44 bits per heavy atom. The van der Waals surface area contributed by atoms with Gasteiger partial charge in [-0.25, -0.2) is 12.7 Å². The number of ketones is 1. The molecule has 0 saturated carbocycles. The number of nitrogens with zero attached hydrogens (tertiary/aromatic N) is 1. The number of carbonyl (C=O) groups excluding carboxylic acids is 1. The standard InChI is InChI=1S/C11H21NO3S/c1-9(2)8-16(14,15)12-6-4-5-11(7-12)10(3)13/h9,11H,4-8H2,1-3H3. The van der Waals surface area contributed by atoms with Gasteiger partial charge in [0.05, 0.1) is 5.75 Å². The average molecular weight is 247 g/mol. The highest BCUT2D eigenvalue weighted by molar-refractivity contribution is 7.89. The topological polar surface area (TPSA) is 54.5 Å². The predicted octanol–water partition coefficient (Wildman–Crippen LogP) is 1.27. The molecule has 0 spiro atoms. The van der Waals surface area contributed by atoms with Crippen LogP contribution in [0.25, 0.3) is 0 Å². The number of rotatable bonds is 4. The van der Waals surface area contributed by atoms with Crippen molar-refractivity contribution in [1.82, 2.24) is 4.31 Å². The molecule has 5 heteroatoms. The SMILES string of the molecule is CC(=O)C1CCCN(S(=O)(=O)CC(C)C)C1. The van der Waals surface area contributed by atoms with Crippen molar-refractivity contribution >= 4 is 15.8 Å².